The molecule has 0 aromatic heterocycles. The highest BCUT2D eigenvalue weighted by Crippen LogP contribution is 2.17. The maximum Gasteiger partial charge on any atom is 0.220 e. The molecule has 110 valence electrons. The van der Waals surface area contributed by atoms with E-state index < -0.39 is 0 Å². The van der Waals surface area contributed by atoms with E-state index in [2.05, 4.69) is 40.3 Å². The van der Waals surface area contributed by atoms with Gasteiger partial charge in [-0.3, -0.25) is 4.79 Å². The van der Waals surface area contributed by atoms with Crippen molar-refractivity contribution in [1.29, 1.82) is 0 Å². The second kappa shape index (κ2) is 7.41. The fourth-order valence-corrected chi connectivity index (χ4v) is 2.55. The Labute approximate surface area is 134 Å². The predicted molar refractivity (Wildman–Crippen MR) is 90.2 cm³/mol. The third-order valence-corrected chi connectivity index (χ3v) is 4.16. The Morgan fingerprint density at radius 2 is 1.81 bits per heavy atom. The lowest BCUT2D eigenvalue weighted by atomic mass is 10.0. The zero-order chi connectivity index (χ0) is 15.2. The number of hydrogen-bond donors (Lipinski definition) is 1. The average molecular weight is 346 g/mol. The molecule has 1 amide bonds. The standard InChI is InChI=1S/C18H20BrNO/c1-13-5-3-4-6-15(13)9-12-18(21)20-14(2)16-7-10-17(19)11-8-16/h3-8,10-11,14H,9,12H2,1-2H3,(H,20,21). The quantitative estimate of drug-likeness (QED) is 0.844. The molecule has 0 radical (unpaired) electrons. The molecule has 0 fully saturated rings. The van der Waals surface area contributed by atoms with Crippen molar-refractivity contribution in [1.82, 2.24) is 5.32 Å². The number of benzene rings is 2. The van der Waals surface area contributed by atoms with Crippen LogP contribution in [0.2, 0.25) is 0 Å². The van der Waals surface area contributed by atoms with Crippen molar-refractivity contribution in [3.05, 3.63) is 69.7 Å². The van der Waals surface area contributed by atoms with Gasteiger partial charge in [-0.1, -0.05) is 52.3 Å². The van der Waals surface area contributed by atoms with Gasteiger partial charge < -0.3 is 5.32 Å². The monoisotopic (exact) mass is 345 g/mol. The van der Waals surface area contributed by atoms with Crippen LogP contribution in [-0.4, -0.2) is 5.91 Å². The van der Waals surface area contributed by atoms with Gasteiger partial charge in [-0.2, -0.15) is 0 Å². The first-order chi connectivity index (χ1) is 10.1. The Morgan fingerprint density at radius 1 is 1.14 bits per heavy atom. The number of rotatable bonds is 5. The number of amides is 1. The van der Waals surface area contributed by atoms with Gasteiger partial charge in [0, 0.05) is 10.9 Å². The van der Waals surface area contributed by atoms with Crippen LogP contribution >= 0.6 is 15.9 Å². The van der Waals surface area contributed by atoms with Crippen LogP contribution < -0.4 is 5.32 Å². The lowest BCUT2D eigenvalue weighted by Gasteiger charge is -2.14. The minimum absolute atomic E-state index is 0.0301. The van der Waals surface area contributed by atoms with Crippen molar-refractivity contribution in [3.63, 3.8) is 0 Å². The van der Waals surface area contributed by atoms with Crippen LogP contribution in [0.15, 0.2) is 53.0 Å². The van der Waals surface area contributed by atoms with E-state index in [-0.39, 0.29) is 11.9 Å². The normalized spacial score (nSPS) is 12.0. The highest BCUT2D eigenvalue weighted by atomic mass is 79.9. The van der Waals surface area contributed by atoms with Gasteiger partial charge in [0.05, 0.1) is 6.04 Å². The van der Waals surface area contributed by atoms with E-state index in [1.807, 2.05) is 43.3 Å². The van der Waals surface area contributed by atoms with Crippen LogP contribution in [0.4, 0.5) is 0 Å². The number of carbonyl (C=O) groups excluding carboxylic acids is 1. The molecule has 1 atom stereocenters. The van der Waals surface area contributed by atoms with E-state index in [0.29, 0.717) is 6.42 Å². The number of carbonyl (C=O) groups is 1. The molecule has 2 rings (SSSR count). The first-order valence-electron chi connectivity index (χ1n) is 7.15. The summed E-state index contributed by atoms with van der Waals surface area (Å²) in [6.45, 7) is 4.09. The van der Waals surface area contributed by atoms with E-state index in [0.717, 1.165) is 16.5 Å². The molecular weight excluding hydrogens is 326 g/mol. The highest BCUT2D eigenvalue weighted by molar-refractivity contribution is 9.10. The van der Waals surface area contributed by atoms with Crippen LogP contribution in [-0.2, 0) is 11.2 Å². The average Bonchev–Trinajstić information content (AvgIpc) is 2.47. The van der Waals surface area contributed by atoms with Crippen LogP contribution in [0.3, 0.4) is 0 Å². The van der Waals surface area contributed by atoms with Crippen LogP contribution in [0, 0.1) is 6.92 Å². The number of halogens is 1. The van der Waals surface area contributed by atoms with Gasteiger partial charge in [-0.15, -0.1) is 0 Å². The van der Waals surface area contributed by atoms with Crippen LogP contribution in [0.1, 0.15) is 36.1 Å². The van der Waals surface area contributed by atoms with E-state index in [9.17, 15) is 4.79 Å². The van der Waals surface area contributed by atoms with E-state index in [1.165, 1.54) is 11.1 Å². The second-order valence-electron chi connectivity index (χ2n) is 5.27. The van der Waals surface area contributed by atoms with Gasteiger partial charge >= 0.3 is 0 Å². The smallest absolute Gasteiger partial charge is 0.220 e. The van der Waals surface area contributed by atoms with Crippen molar-refractivity contribution in [2.24, 2.45) is 0 Å². The SMILES string of the molecule is Cc1ccccc1CCC(=O)NC(C)c1ccc(Br)cc1. The Bertz CT molecular complexity index is 607. The van der Waals surface area contributed by atoms with Crippen molar-refractivity contribution in [3.8, 4) is 0 Å². The molecule has 21 heavy (non-hydrogen) atoms. The Hall–Kier alpha value is -1.61. The molecule has 1 N–H and O–H groups in total. The molecule has 0 aliphatic rings. The summed E-state index contributed by atoms with van der Waals surface area (Å²) < 4.78 is 1.05. The highest BCUT2D eigenvalue weighted by Gasteiger charge is 2.10. The molecule has 0 saturated heterocycles. The zero-order valence-electron chi connectivity index (χ0n) is 12.4. The fraction of sp³-hybridized carbons (Fsp3) is 0.278. The summed E-state index contributed by atoms with van der Waals surface area (Å²) in [4.78, 5) is 12.1. The van der Waals surface area contributed by atoms with Gasteiger partial charge in [0.1, 0.15) is 0 Å². The summed E-state index contributed by atoms with van der Waals surface area (Å²) in [5.41, 5.74) is 3.60. The first kappa shape index (κ1) is 15.8. The van der Waals surface area contributed by atoms with Crippen LogP contribution in [0.5, 0.6) is 0 Å². The topological polar surface area (TPSA) is 29.1 Å². The minimum atomic E-state index is 0.0301. The molecule has 0 saturated carbocycles. The van der Waals surface area contributed by atoms with Gasteiger partial charge in [0.25, 0.3) is 0 Å². The lowest BCUT2D eigenvalue weighted by Crippen LogP contribution is -2.26. The lowest BCUT2D eigenvalue weighted by molar-refractivity contribution is -0.121. The third kappa shape index (κ3) is 4.71. The summed E-state index contributed by atoms with van der Waals surface area (Å²) in [7, 11) is 0. The molecule has 1 unspecified atom stereocenters. The molecule has 2 aromatic rings. The van der Waals surface area contributed by atoms with E-state index in [1.54, 1.807) is 0 Å². The number of hydrogen-bond acceptors (Lipinski definition) is 1. The van der Waals surface area contributed by atoms with Crippen LogP contribution in [0.25, 0.3) is 0 Å². The molecule has 0 spiro atoms. The molecule has 3 heteroatoms. The number of aryl methyl sites for hydroxylation is 2. The van der Waals surface area contributed by atoms with Gasteiger partial charge in [0.2, 0.25) is 5.91 Å². The summed E-state index contributed by atoms with van der Waals surface area (Å²) in [6.07, 6.45) is 1.30. The van der Waals surface area contributed by atoms with E-state index >= 15 is 0 Å². The maximum absolute atomic E-state index is 12.1. The Kier molecular flexibility index (Phi) is 5.57. The predicted octanol–water partition coefficient (Wildman–Crippen LogP) is 4.57. The van der Waals surface area contributed by atoms with Gasteiger partial charge in [0.15, 0.2) is 0 Å². The Morgan fingerprint density at radius 3 is 2.48 bits per heavy atom. The van der Waals surface area contributed by atoms with Crippen molar-refractivity contribution < 1.29 is 4.79 Å². The number of nitrogens with one attached hydrogen (secondary N) is 1. The van der Waals surface area contributed by atoms with Crippen molar-refractivity contribution in [2.45, 2.75) is 32.7 Å². The second-order valence-corrected chi connectivity index (χ2v) is 6.18. The zero-order valence-corrected chi connectivity index (χ0v) is 14.0. The maximum atomic E-state index is 12.1. The molecule has 2 aromatic carbocycles. The molecule has 0 bridgehead atoms. The molecule has 0 aliphatic carbocycles. The largest absolute Gasteiger partial charge is 0.350 e. The van der Waals surface area contributed by atoms with Crippen molar-refractivity contribution >= 4 is 21.8 Å². The molecule has 0 heterocycles. The van der Waals surface area contributed by atoms with Crippen molar-refractivity contribution in [2.75, 3.05) is 0 Å². The molecule has 0 aliphatic heterocycles. The van der Waals surface area contributed by atoms with Gasteiger partial charge in [-0.25, -0.2) is 0 Å². The van der Waals surface area contributed by atoms with Gasteiger partial charge in [-0.05, 0) is 49.1 Å². The summed E-state index contributed by atoms with van der Waals surface area (Å²) in [5, 5.41) is 3.05. The fourth-order valence-electron chi connectivity index (χ4n) is 2.29. The first-order valence-corrected chi connectivity index (χ1v) is 7.95. The third-order valence-electron chi connectivity index (χ3n) is 3.63. The molecular formula is C18H20BrNO. The summed E-state index contributed by atoms with van der Waals surface area (Å²) >= 11 is 3.42. The van der Waals surface area contributed by atoms with E-state index in [4.69, 9.17) is 0 Å². The minimum Gasteiger partial charge on any atom is -0.350 e. The summed E-state index contributed by atoms with van der Waals surface area (Å²) in [6, 6.07) is 16.3. The Balaban J connectivity index is 1.87. The summed E-state index contributed by atoms with van der Waals surface area (Å²) in [5.74, 6) is 0.0914. The molecule has 2 nitrogen and oxygen atoms in total.